The Morgan fingerprint density at radius 1 is 0.814 bits per heavy atom. The van der Waals surface area contributed by atoms with Crippen molar-refractivity contribution in [3.63, 3.8) is 0 Å². The van der Waals surface area contributed by atoms with Crippen LogP contribution in [-0.4, -0.2) is 44.3 Å². The van der Waals surface area contributed by atoms with Gasteiger partial charge in [-0.3, -0.25) is 13.9 Å². The quantitative estimate of drug-likeness (QED) is 0.206. The summed E-state index contributed by atoms with van der Waals surface area (Å²) in [5.41, 5.74) is 2.18. The molecule has 0 heterocycles. The maximum Gasteiger partial charge on any atom is 0.264 e. The second kappa shape index (κ2) is 14.5. The number of para-hydroxylation sites is 1. The topological polar surface area (TPSA) is 96.0 Å². The highest BCUT2D eigenvalue weighted by Crippen LogP contribution is 2.28. The van der Waals surface area contributed by atoms with E-state index in [1.807, 2.05) is 68.4 Å². The van der Waals surface area contributed by atoms with Crippen molar-refractivity contribution in [1.82, 2.24) is 10.2 Å². The third-order valence-corrected chi connectivity index (χ3v) is 8.69. The molecule has 8 nitrogen and oxygen atoms in total. The molecule has 1 N–H and O–H groups in total. The molecule has 0 saturated carbocycles. The summed E-state index contributed by atoms with van der Waals surface area (Å²) in [5, 5.41) is 2.85. The van der Waals surface area contributed by atoms with E-state index < -0.39 is 28.5 Å². The second-order valence-electron chi connectivity index (χ2n) is 10.2. The van der Waals surface area contributed by atoms with Gasteiger partial charge in [0.15, 0.2) is 0 Å². The van der Waals surface area contributed by atoms with Crippen LogP contribution in [0.2, 0.25) is 0 Å². The molecule has 2 amide bonds. The first-order valence-corrected chi connectivity index (χ1v) is 15.7. The van der Waals surface area contributed by atoms with Crippen molar-refractivity contribution < 1.29 is 22.7 Å². The highest BCUT2D eigenvalue weighted by Gasteiger charge is 2.32. The van der Waals surface area contributed by atoms with Gasteiger partial charge >= 0.3 is 0 Å². The van der Waals surface area contributed by atoms with Gasteiger partial charge in [-0.2, -0.15) is 0 Å². The molecule has 0 aromatic heterocycles. The van der Waals surface area contributed by atoms with Crippen LogP contribution in [0.5, 0.6) is 11.5 Å². The molecule has 0 unspecified atom stereocenters. The van der Waals surface area contributed by atoms with Crippen molar-refractivity contribution in [2.45, 2.75) is 44.7 Å². The first-order chi connectivity index (χ1) is 20.7. The summed E-state index contributed by atoms with van der Waals surface area (Å²) >= 11 is 0. The van der Waals surface area contributed by atoms with Gasteiger partial charge in [0.1, 0.15) is 24.1 Å². The number of rotatable bonds is 13. The summed E-state index contributed by atoms with van der Waals surface area (Å²) < 4.78 is 34.9. The summed E-state index contributed by atoms with van der Waals surface area (Å²) in [6.45, 7) is 5.68. The zero-order chi connectivity index (χ0) is 30.8. The predicted molar refractivity (Wildman–Crippen MR) is 168 cm³/mol. The maximum atomic E-state index is 14.0. The van der Waals surface area contributed by atoms with Crippen LogP contribution in [0.15, 0.2) is 114 Å². The Morgan fingerprint density at radius 2 is 1.40 bits per heavy atom. The van der Waals surface area contributed by atoms with Crippen LogP contribution in [0.3, 0.4) is 0 Å². The maximum absolute atomic E-state index is 14.0. The van der Waals surface area contributed by atoms with Crippen molar-refractivity contribution in [3.05, 3.63) is 120 Å². The first kappa shape index (κ1) is 31.3. The number of amides is 2. The first-order valence-electron chi connectivity index (χ1n) is 14.2. The molecule has 0 aliphatic carbocycles. The number of hydrogen-bond acceptors (Lipinski definition) is 5. The number of sulfonamides is 1. The molecule has 4 aromatic carbocycles. The highest BCUT2D eigenvalue weighted by atomic mass is 32.2. The van der Waals surface area contributed by atoms with Gasteiger partial charge in [0.25, 0.3) is 10.0 Å². The van der Waals surface area contributed by atoms with E-state index >= 15 is 0 Å². The third kappa shape index (κ3) is 8.23. The zero-order valence-electron chi connectivity index (χ0n) is 24.6. The lowest BCUT2D eigenvalue weighted by atomic mass is 10.1. The fourth-order valence-corrected chi connectivity index (χ4v) is 5.86. The minimum Gasteiger partial charge on any atom is -0.457 e. The van der Waals surface area contributed by atoms with Gasteiger partial charge in [0.2, 0.25) is 11.8 Å². The Bertz CT molecular complexity index is 1590. The fraction of sp³-hybridized carbons (Fsp3) is 0.235. The SMILES string of the molecule is CCCNC(=O)[C@H](C)N(Cc1ccc(C)cc1)C(=O)CN(c1ccc(Oc2ccccc2)cc1)S(=O)(=O)c1ccccc1. The average Bonchev–Trinajstić information content (AvgIpc) is 3.03. The number of aryl methyl sites for hydroxylation is 1. The van der Waals surface area contributed by atoms with Gasteiger partial charge in [0, 0.05) is 13.1 Å². The molecular formula is C34H37N3O5S. The molecule has 0 bridgehead atoms. The molecule has 0 saturated heterocycles. The highest BCUT2D eigenvalue weighted by molar-refractivity contribution is 7.92. The summed E-state index contributed by atoms with van der Waals surface area (Å²) in [7, 11) is -4.15. The van der Waals surface area contributed by atoms with Crippen LogP contribution in [0.4, 0.5) is 5.69 Å². The Balaban J connectivity index is 1.68. The Morgan fingerprint density at radius 3 is 2.00 bits per heavy atom. The zero-order valence-corrected chi connectivity index (χ0v) is 25.5. The minimum atomic E-state index is -4.15. The number of carbonyl (C=O) groups excluding carboxylic acids is 2. The van der Waals surface area contributed by atoms with Crippen LogP contribution in [0.25, 0.3) is 0 Å². The molecule has 0 fully saturated rings. The lowest BCUT2D eigenvalue weighted by Gasteiger charge is -2.32. The molecule has 0 radical (unpaired) electrons. The van der Waals surface area contributed by atoms with Crippen LogP contribution >= 0.6 is 0 Å². The minimum absolute atomic E-state index is 0.0474. The summed E-state index contributed by atoms with van der Waals surface area (Å²) in [4.78, 5) is 28.5. The molecule has 224 valence electrons. The van der Waals surface area contributed by atoms with Crippen molar-refractivity contribution in [3.8, 4) is 11.5 Å². The molecule has 4 aromatic rings. The molecule has 1 atom stereocenters. The standard InChI is InChI=1S/C34H37N3O5S/c1-4-23-35-34(39)27(3)36(24-28-17-15-26(2)16-18-28)33(38)25-37(43(40,41)32-13-9-6-10-14-32)29-19-21-31(22-20-29)42-30-11-7-5-8-12-30/h5-22,27H,4,23-25H2,1-3H3,(H,35,39)/t27-/m0/s1. The van der Waals surface area contributed by atoms with Gasteiger partial charge < -0.3 is 15.0 Å². The predicted octanol–water partition coefficient (Wildman–Crippen LogP) is 5.93. The molecule has 4 rings (SSSR count). The molecular weight excluding hydrogens is 562 g/mol. The lowest BCUT2D eigenvalue weighted by molar-refractivity contribution is -0.139. The van der Waals surface area contributed by atoms with Crippen LogP contribution in [0, 0.1) is 6.92 Å². The van der Waals surface area contributed by atoms with Crippen LogP contribution in [-0.2, 0) is 26.2 Å². The van der Waals surface area contributed by atoms with E-state index in [9.17, 15) is 18.0 Å². The second-order valence-corrected chi connectivity index (χ2v) is 12.1. The smallest absolute Gasteiger partial charge is 0.264 e. The number of hydrogen-bond donors (Lipinski definition) is 1. The van der Waals surface area contributed by atoms with E-state index in [0.717, 1.165) is 21.9 Å². The third-order valence-electron chi connectivity index (χ3n) is 6.90. The summed E-state index contributed by atoms with van der Waals surface area (Å²) in [6, 6.07) is 30.6. The largest absolute Gasteiger partial charge is 0.457 e. The molecule has 0 aliphatic heterocycles. The number of carbonyl (C=O) groups is 2. The van der Waals surface area contributed by atoms with Crippen molar-refractivity contribution >= 4 is 27.5 Å². The number of nitrogens with zero attached hydrogens (tertiary/aromatic N) is 2. The van der Waals surface area contributed by atoms with Crippen molar-refractivity contribution in [1.29, 1.82) is 0 Å². The lowest BCUT2D eigenvalue weighted by Crippen LogP contribution is -2.51. The molecule has 9 heteroatoms. The van der Waals surface area contributed by atoms with Gasteiger partial charge in [-0.05, 0) is 74.4 Å². The van der Waals surface area contributed by atoms with Gasteiger partial charge in [-0.15, -0.1) is 0 Å². The van der Waals surface area contributed by atoms with Crippen molar-refractivity contribution in [2.24, 2.45) is 0 Å². The summed E-state index contributed by atoms with van der Waals surface area (Å²) in [5.74, 6) is 0.341. The number of nitrogens with one attached hydrogen (secondary N) is 1. The molecule has 0 spiro atoms. The number of anilines is 1. The monoisotopic (exact) mass is 599 g/mol. The average molecular weight is 600 g/mol. The van der Waals surface area contributed by atoms with Gasteiger partial charge in [0.05, 0.1) is 10.6 Å². The number of benzene rings is 4. The van der Waals surface area contributed by atoms with Gasteiger partial charge in [-0.1, -0.05) is 73.2 Å². The van der Waals surface area contributed by atoms with Gasteiger partial charge in [-0.25, -0.2) is 8.42 Å². The Labute approximate surface area is 254 Å². The Kier molecular flexibility index (Phi) is 10.6. The fourth-order valence-electron chi connectivity index (χ4n) is 4.42. The van der Waals surface area contributed by atoms with E-state index in [0.29, 0.717) is 18.0 Å². The molecule has 0 aliphatic rings. The summed E-state index contributed by atoms with van der Waals surface area (Å²) in [6.07, 6.45) is 0.747. The van der Waals surface area contributed by atoms with Crippen molar-refractivity contribution in [2.75, 3.05) is 17.4 Å². The van der Waals surface area contributed by atoms with Crippen LogP contribution in [0.1, 0.15) is 31.4 Å². The van der Waals surface area contributed by atoms with Crippen LogP contribution < -0.4 is 14.4 Å². The Hall–Kier alpha value is -4.63. The van der Waals surface area contributed by atoms with E-state index in [1.165, 1.54) is 17.0 Å². The normalized spacial score (nSPS) is 11.8. The number of ether oxygens (including phenoxy) is 1. The molecule has 43 heavy (non-hydrogen) atoms. The van der Waals surface area contributed by atoms with E-state index in [2.05, 4.69) is 5.32 Å². The van der Waals surface area contributed by atoms with E-state index in [-0.39, 0.29) is 23.0 Å². The van der Waals surface area contributed by atoms with E-state index in [1.54, 1.807) is 49.4 Å². The van der Waals surface area contributed by atoms with E-state index in [4.69, 9.17) is 4.74 Å².